The first-order valence-corrected chi connectivity index (χ1v) is 10.2. The van der Waals surface area contributed by atoms with Gasteiger partial charge in [-0.2, -0.15) is 0 Å². The van der Waals surface area contributed by atoms with E-state index in [0.29, 0.717) is 35.6 Å². The van der Waals surface area contributed by atoms with Crippen molar-refractivity contribution in [1.29, 1.82) is 0 Å². The maximum atomic E-state index is 11.7. The second-order valence-corrected chi connectivity index (χ2v) is 7.90. The SMILES string of the molecule is Cc1c([C@@H](O)CNCc2cnc(-c3ccc4oc(=O)n(C)c4c3)[nH]2)ccc2c1COC2=O. The number of hydrogen-bond donors (Lipinski definition) is 3. The first-order valence-electron chi connectivity index (χ1n) is 10.2. The summed E-state index contributed by atoms with van der Waals surface area (Å²) >= 11 is 0. The van der Waals surface area contributed by atoms with E-state index in [2.05, 4.69) is 15.3 Å². The Labute approximate surface area is 182 Å². The minimum atomic E-state index is -0.719. The number of hydrogen-bond acceptors (Lipinski definition) is 7. The third kappa shape index (κ3) is 3.41. The number of nitrogens with one attached hydrogen (secondary N) is 2. The lowest BCUT2D eigenvalue weighted by Crippen LogP contribution is -2.22. The predicted octanol–water partition coefficient (Wildman–Crippen LogP) is 2.32. The van der Waals surface area contributed by atoms with E-state index in [1.807, 2.05) is 19.1 Å². The summed E-state index contributed by atoms with van der Waals surface area (Å²) in [5.74, 6) is -0.0405. The molecule has 2 aromatic heterocycles. The molecule has 9 nitrogen and oxygen atoms in total. The number of fused-ring (bicyclic) bond motifs is 2. The zero-order valence-electron chi connectivity index (χ0n) is 17.6. The molecule has 0 bridgehead atoms. The number of H-pyrrole nitrogens is 1. The number of aliphatic hydroxyl groups is 1. The monoisotopic (exact) mass is 434 g/mol. The molecular weight excluding hydrogens is 412 g/mol. The fourth-order valence-electron chi connectivity index (χ4n) is 4.05. The molecule has 1 aliphatic rings. The molecule has 1 atom stereocenters. The van der Waals surface area contributed by atoms with Crippen LogP contribution in [0.1, 0.15) is 38.8 Å². The average molecular weight is 434 g/mol. The van der Waals surface area contributed by atoms with E-state index in [4.69, 9.17) is 9.15 Å². The van der Waals surface area contributed by atoms with Gasteiger partial charge in [0, 0.05) is 43.2 Å². The third-order valence-corrected chi connectivity index (χ3v) is 5.91. The predicted molar refractivity (Wildman–Crippen MR) is 116 cm³/mol. The number of cyclic esters (lactones) is 1. The number of carbonyl (C=O) groups is 1. The largest absolute Gasteiger partial charge is 0.457 e. The Hall–Kier alpha value is -3.69. The molecule has 1 aliphatic heterocycles. The van der Waals surface area contributed by atoms with E-state index >= 15 is 0 Å². The topological polar surface area (TPSA) is 122 Å². The van der Waals surface area contributed by atoms with Crippen molar-refractivity contribution < 1.29 is 19.1 Å². The lowest BCUT2D eigenvalue weighted by atomic mass is 9.95. The molecule has 32 heavy (non-hydrogen) atoms. The van der Waals surface area contributed by atoms with Gasteiger partial charge in [0.2, 0.25) is 0 Å². The Morgan fingerprint density at radius 3 is 2.97 bits per heavy atom. The summed E-state index contributed by atoms with van der Waals surface area (Å²) in [6.07, 6.45) is 1.01. The first kappa shape index (κ1) is 20.2. The maximum Gasteiger partial charge on any atom is 0.419 e. The molecule has 5 rings (SSSR count). The molecule has 2 aromatic carbocycles. The van der Waals surface area contributed by atoms with Crippen LogP contribution < -0.4 is 11.1 Å². The Morgan fingerprint density at radius 2 is 2.12 bits per heavy atom. The smallest absolute Gasteiger partial charge is 0.419 e. The van der Waals surface area contributed by atoms with E-state index in [0.717, 1.165) is 27.9 Å². The molecule has 0 saturated heterocycles. The lowest BCUT2D eigenvalue weighted by Gasteiger charge is -2.16. The number of aromatic nitrogens is 3. The van der Waals surface area contributed by atoms with Gasteiger partial charge in [-0.1, -0.05) is 6.07 Å². The summed E-state index contributed by atoms with van der Waals surface area (Å²) < 4.78 is 11.7. The van der Waals surface area contributed by atoms with Crippen molar-refractivity contribution >= 4 is 17.1 Å². The molecule has 9 heteroatoms. The number of esters is 1. The van der Waals surface area contributed by atoms with Gasteiger partial charge in [-0.25, -0.2) is 14.6 Å². The highest BCUT2D eigenvalue weighted by Crippen LogP contribution is 2.29. The standard InChI is InChI=1S/C23H22N4O5/c1-12-15(4-5-16-17(12)11-31-22(16)29)19(28)10-24-8-14-9-25-21(26-14)13-3-6-20-18(7-13)27(2)23(30)32-20/h3-7,9,19,24,28H,8,10-11H2,1-2H3,(H,25,26)/t19-/m0/s1. The van der Waals surface area contributed by atoms with Crippen LogP contribution >= 0.6 is 0 Å². The van der Waals surface area contributed by atoms with Crippen molar-refractivity contribution in [2.75, 3.05) is 6.54 Å². The maximum absolute atomic E-state index is 11.7. The van der Waals surface area contributed by atoms with Crippen LogP contribution in [0, 0.1) is 6.92 Å². The second-order valence-electron chi connectivity index (χ2n) is 7.90. The van der Waals surface area contributed by atoms with Gasteiger partial charge in [-0.15, -0.1) is 0 Å². The van der Waals surface area contributed by atoms with Gasteiger partial charge in [-0.3, -0.25) is 4.57 Å². The van der Waals surface area contributed by atoms with E-state index in [-0.39, 0.29) is 12.6 Å². The van der Waals surface area contributed by atoms with Gasteiger partial charge in [-0.05, 0) is 42.3 Å². The quantitative estimate of drug-likeness (QED) is 0.398. The van der Waals surface area contributed by atoms with Gasteiger partial charge in [0.1, 0.15) is 12.4 Å². The number of aliphatic hydroxyl groups excluding tert-OH is 1. The molecule has 4 aromatic rings. The van der Waals surface area contributed by atoms with Crippen LogP contribution in [0.25, 0.3) is 22.5 Å². The van der Waals surface area contributed by atoms with Crippen molar-refractivity contribution in [3.8, 4) is 11.4 Å². The average Bonchev–Trinajstić information content (AvgIpc) is 3.47. The summed E-state index contributed by atoms with van der Waals surface area (Å²) in [5, 5.41) is 13.9. The molecule has 0 saturated carbocycles. The van der Waals surface area contributed by atoms with Crippen molar-refractivity contribution in [1.82, 2.24) is 19.9 Å². The van der Waals surface area contributed by atoms with Crippen LogP contribution in [0.5, 0.6) is 0 Å². The molecule has 0 spiro atoms. The fraction of sp³-hybridized carbons (Fsp3) is 0.261. The van der Waals surface area contributed by atoms with E-state index in [1.54, 1.807) is 31.4 Å². The number of ether oxygens (including phenoxy) is 1. The minimum absolute atomic E-state index is 0.254. The second kappa shape index (κ2) is 7.77. The summed E-state index contributed by atoms with van der Waals surface area (Å²) in [6.45, 7) is 2.98. The van der Waals surface area contributed by atoms with Crippen LogP contribution in [0.4, 0.5) is 0 Å². The third-order valence-electron chi connectivity index (χ3n) is 5.91. The summed E-state index contributed by atoms with van der Waals surface area (Å²) in [4.78, 5) is 31.0. The number of benzene rings is 2. The van der Waals surface area contributed by atoms with Gasteiger partial charge in [0.05, 0.1) is 17.2 Å². The molecular formula is C23H22N4O5. The Kier molecular flexibility index (Phi) is 4.91. The number of nitrogens with zero attached hydrogens (tertiary/aromatic N) is 2. The number of aromatic amines is 1. The van der Waals surface area contributed by atoms with Crippen LogP contribution in [0.3, 0.4) is 0 Å². The summed E-state index contributed by atoms with van der Waals surface area (Å²) in [5.41, 5.74) is 6.00. The molecule has 3 N–H and O–H groups in total. The van der Waals surface area contributed by atoms with Crippen LogP contribution in [0.15, 0.2) is 45.7 Å². The Bertz CT molecular complexity index is 1400. The highest BCUT2D eigenvalue weighted by molar-refractivity contribution is 5.94. The highest BCUT2D eigenvalue weighted by Gasteiger charge is 2.25. The summed E-state index contributed by atoms with van der Waals surface area (Å²) in [6, 6.07) is 8.94. The molecule has 0 fully saturated rings. The number of oxazole rings is 1. The molecule has 0 radical (unpaired) electrons. The Balaban J connectivity index is 1.25. The van der Waals surface area contributed by atoms with Crippen molar-refractivity contribution in [2.24, 2.45) is 7.05 Å². The molecule has 164 valence electrons. The fourth-order valence-corrected chi connectivity index (χ4v) is 4.05. The number of rotatable bonds is 6. The van der Waals surface area contributed by atoms with Gasteiger partial charge < -0.3 is 24.6 Å². The minimum Gasteiger partial charge on any atom is -0.457 e. The van der Waals surface area contributed by atoms with Crippen LogP contribution in [-0.2, 0) is 24.9 Å². The van der Waals surface area contributed by atoms with Crippen molar-refractivity contribution in [3.63, 3.8) is 0 Å². The van der Waals surface area contributed by atoms with Crippen molar-refractivity contribution in [2.45, 2.75) is 26.2 Å². The van der Waals surface area contributed by atoms with E-state index < -0.39 is 11.9 Å². The number of aryl methyl sites for hydroxylation is 1. The number of carbonyl (C=O) groups excluding carboxylic acids is 1. The van der Waals surface area contributed by atoms with Gasteiger partial charge in [0.15, 0.2) is 5.58 Å². The zero-order valence-corrected chi connectivity index (χ0v) is 17.6. The first-order chi connectivity index (χ1) is 15.4. The van der Waals surface area contributed by atoms with Crippen LogP contribution in [0.2, 0.25) is 0 Å². The highest BCUT2D eigenvalue weighted by atomic mass is 16.5. The van der Waals surface area contributed by atoms with E-state index in [9.17, 15) is 14.7 Å². The summed E-state index contributed by atoms with van der Waals surface area (Å²) in [7, 11) is 1.66. The van der Waals surface area contributed by atoms with Crippen molar-refractivity contribution in [3.05, 3.63) is 75.0 Å². The molecule has 0 amide bonds. The number of imidazole rings is 1. The molecule has 0 aliphatic carbocycles. The van der Waals surface area contributed by atoms with Gasteiger partial charge >= 0.3 is 11.7 Å². The zero-order chi connectivity index (χ0) is 22.4. The normalized spacial score (nSPS) is 14.0. The Morgan fingerprint density at radius 1 is 1.28 bits per heavy atom. The molecule has 3 heterocycles. The van der Waals surface area contributed by atoms with E-state index in [1.165, 1.54) is 4.57 Å². The van der Waals surface area contributed by atoms with Crippen LogP contribution in [-0.4, -0.2) is 32.2 Å². The van der Waals surface area contributed by atoms with Gasteiger partial charge in [0.25, 0.3) is 0 Å². The molecule has 0 unspecified atom stereocenters. The lowest BCUT2D eigenvalue weighted by molar-refractivity contribution is 0.0535.